The van der Waals surface area contributed by atoms with Crippen molar-refractivity contribution in [2.45, 2.75) is 52.0 Å². The summed E-state index contributed by atoms with van der Waals surface area (Å²) in [5.74, 6) is -0.432. The lowest BCUT2D eigenvalue weighted by Crippen LogP contribution is -2.38. The van der Waals surface area contributed by atoms with Crippen LogP contribution in [0, 0.1) is 6.92 Å². The summed E-state index contributed by atoms with van der Waals surface area (Å²) < 4.78 is 0. The van der Waals surface area contributed by atoms with Crippen LogP contribution >= 0.6 is 0 Å². The molecular weight excluding hydrogens is 242 g/mol. The van der Waals surface area contributed by atoms with Gasteiger partial charge in [-0.1, -0.05) is 19.3 Å². The second-order valence-corrected chi connectivity index (χ2v) is 5.08. The molecule has 1 fully saturated rings. The van der Waals surface area contributed by atoms with Gasteiger partial charge in [0.15, 0.2) is 5.69 Å². The van der Waals surface area contributed by atoms with E-state index in [1.165, 1.54) is 25.3 Å². The van der Waals surface area contributed by atoms with E-state index in [-0.39, 0.29) is 5.69 Å². The summed E-state index contributed by atoms with van der Waals surface area (Å²) in [6.07, 6.45) is 6.06. The minimum atomic E-state index is -0.994. The molecule has 0 aromatic carbocycles. The second kappa shape index (κ2) is 5.99. The maximum Gasteiger partial charge on any atom is 0.354 e. The predicted octanol–water partition coefficient (Wildman–Crippen LogP) is 2.64. The van der Waals surface area contributed by atoms with Crippen LogP contribution in [0.25, 0.3) is 0 Å². The van der Waals surface area contributed by atoms with Crippen LogP contribution in [0.1, 0.15) is 55.2 Å². The zero-order chi connectivity index (χ0) is 13.8. The van der Waals surface area contributed by atoms with Crippen molar-refractivity contribution < 1.29 is 9.90 Å². The lowest BCUT2D eigenvalue weighted by molar-refractivity contribution is 0.0690. The third-order valence-electron chi connectivity index (χ3n) is 3.67. The van der Waals surface area contributed by atoms with E-state index in [0.717, 1.165) is 19.4 Å². The third-order valence-corrected chi connectivity index (χ3v) is 3.67. The van der Waals surface area contributed by atoms with E-state index >= 15 is 0 Å². The van der Waals surface area contributed by atoms with Gasteiger partial charge < -0.3 is 10.0 Å². The number of hydrogen-bond acceptors (Lipinski definition) is 4. The standard InChI is InChI=1S/C14H21N3O2/c1-3-17(11-7-5-4-6-8-11)14-15-10(2)9-12(16-14)13(18)19/h9,11H,3-8H2,1-2H3,(H,18,19). The van der Waals surface area contributed by atoms with Crippen molar-refractivity contribution >= 4 is 11.9 Å². The first-order chi connectivity index (χ1) is 9.11. The number of nitrogens with zero attached hydrogens (tertiary/aromatic N) is 3. The molecule has 1 heterocycles. The molecule has 0 saturated heterocycles. The molecule has 5 heteroatoms. The summed E-state index contributed by atoms with van der Waals surface area (Å²) in [5.41, 5.74) is 0.786. The van der Waals surface area contributed by atoms with Crippen LogP contribution in [-0.2, 0) is 0 Å². The van der Waals surface area contributed by atoms with Crippen LogP contribution in [0.5, 0.6) is 0 Å². The molecule has 0 amide bonds. The lowest BCUT2D eigenvalue weighted by Gasteiger charge is -2.33. The molecule has 0 unspecified atom stereocenters. The number of carboxylic acid groups (broad SMARTS) is 1. The van der Waals surface area contributed by atoms with Crippen LogP contribution in [0.3, 0.4) is 0 Å². The number of aromatic carboxylic acids is 1. The quantitative estimate of drug-likeness (QED) is 0.904. The first kappa shape index (κ1) is 13.8. The number of carbonyl (C=O) groups is 1. The van der Waals surface area contributed by atoms with Gasteiger partial charge in [-0.25, -0.2) is 14.8 Å². The Bertz CT molecular complexity index is 456. The topological polar surface area (TPSA) is 66.3 Å². The third kappa shape index (κ3) is 3.22. The number of anilines is 1. The Kier molecular flexibility index (Phi) is 4.35. The summed E-state index contributed by atoms with van der Waals surface area (Å²) in [5, 5.41) is 9.09. The highest BCUT2D eigenvalue weighted by molar-refractivity contribution is 5.85. The van der Waals surface area contributed by atoms with Crippen molar-refractivity contribution in [1.82, 2.24) is 9.97 Å². The molecule has 1 aromatic rings. The normalized spacial score (nSPS) is 16.3. The van der Waals surface area contributed by atoms with Gasteiger partial charge in [-0.15, -0.1) is 0 Å². The average molecular weight is 263 g/mol. The largest absolute Gasteiger partial charge is 0.477 e. The number of carboxylic acids is 1. The Labute approximate surface area is 113 Å². The van der Waals surface area contributed by atoms with Gasteiger partial charge in [-0.05, 0) is 32.8 Å². The molecule has 5 nitrogen and oxygen atoms in total. The van der Waals surface area contributed by atoms with Crippen LogP contribution in [0.4, 0.5) is 5.95 Å². The molecule has 1 aliphatic carbocycles. The van der Waals surface area contributed by atoms with Gasteiger partial charge in [-0.3, -0.25) is 0 Å². The Morgan fingerprint density at radius 2 is 2.05 bits per heavy atom. The number of aromatic nitrogens is 2. The van der Waals surface area contributed by atoms with Gasteiger partial charge in [0, 0.05) is 18.3 Å². The molecule has 0 spiro atoms. The van der Waals surface area contributed by atoms with E-state index < -0.39 is 5.97 Å². The maximum absolute atomic E-state index is 11.1. The van der Waals surface area contributed by atoms with Crippen molar-refractivity contribution in [2.24, 2.45) is 0 Å². The van der Waals surface area contributed by atoms with Crippen molar-refractivity contribution in [3.05, 3.63) is 17.5 Å². The van der Waals surface area contributed by atoms with Crippen LogP contribution in [0.15, 0.2) is 6.07 Å². The number of hydrogen-bond donors (Lipinski definition) is 1. The van der Waals surface area contributed by atoms with Gasteiger partial charge in [0.2, 0.25) is 5.95 Å². The predicted molar refractivity (Wildman–Crippen MR) is 73.6 cm³/mol. The molecule has 0 radical (unpaired) electrons. The highest BCUT2D eigenvalue weighted by Gasteiger charge is 2.23. The SMILES string of the molecule is CCN(c1nc(C)cc(C(=O)O)n1)C1CCCCC1. The monoisotopic (exact) mass is 263 g/mol. The van der Waals surface area contributed by atoms with E-state index in [2.05, 4.69) is 21.8 Å². The Hall–Kier alpha value is -1.65. The molecule has 0 atom stereocenters. The molecule has 1 aromatic heterocycles. The van der Waals surface area contributed by atoms with Crippen LogP contribution in [-0.4, -0.2) is 33.6 Å². The fourth-order valence-electron chi connectivity index (χ4n) is 2.75. The van der Waals surface area contributed by atoms with Crippen molar-refractivity contribution in [3.63, 3.8) is 0 Å². The first-order valence-electron chi connectivity index (χ1n) is 6.97. The van der Waals surface area contributed by atoms with E-state index in [1.54, 1.807) is 0 Å². The van der Waals surface area contributed by atoms with Gasteiger partial charge in [0.1, 0.15) is 0 Å². The molecular formula is C14H21N3O2. The molecule has 104 valence electrons. The van der Waals surface area contributed by atoms with Gasteiger partial charge in [0.05, 0.1) is 0 Å². The average Bonchev–Trinajstić information content (AvgIpc) is 2.40. The summed E-state index contributed by atoms with van der Waals surface area (Å²) >= 11 is 0. The molecule has 19 heavy (non-hydrogen) atoms. The summed E-state index contributed by atoms with van der Waals surface area (Å²) in [7, 11) is 0. The number of aryl methyl sites for hydroxylation is 1. The minimum Gasteiger partial charge on any atom is -0.477 e. The summed E-state index contributed by atoms with van der Waals surface area (Å²) in [6, 6.07) is 1.96. The smallest absolute Gasteiger partial charge is 0.354 e. The van der Waals surface area contributed by atoms with Crippen molar-refractivity contribution in [2.75, 3.05) is 11.4 Å². The first-order valence-corrected chi connectivity index (χ1v) is 6.97. The summed E-state index contributed by atoms with van der Waals surface area (Å²) in [6.45, 7) is 4.69. The molecule has 1 saturated carbocycles. The van der Waals surface area contributed by atoms with Gasteiger partial charge >= 0.3 is 5.97 Å². The molecule has 2 rings (SSSR count). The van der Waals surface area contributed by atoms with Crippen LogP contribution < -0.4 is 4.90 Å². The Morgan fingerprint density at radius 1 is 1.37 bits per heavy atom. The van der Waals surface area contributed by atoms with E-state index in [1.807, 2.05) is 6.92 Å². The molecule has 1 aliphatic rings. The second-order valence-electron chi connectivity index (χ2n) is 5.08. The van der Waals surface area contributed by atoms with E-state index in [9.17, 15) is 4.79 Å². The van der Waals surface area contributed by atoms with Gasteiger partial charge in [0.25, 0.3) is 0 Å². The fraction of sp³-hybridized carbons (Fsp3) is 0.643. The zero-order valence-electron chi connectivity index (χ0n) is 11.6. The minimum absolute atomic E-state index is 0.0803. The molecule has 1 N–H and O–H groups in total. The van der Waals surface area contributed by atoms with E-state index in [4.69, 9.17) is 5.11 Å². The highest BCUT2D eigenvalue weighted by atomic mass is 16.4. The van der Waals surface area contributed by atoms with Gasteiger partial charge in [-0.2, -0.15) is 0 Å². The molecule has 0 aliphatic heterocycles. The van der Waals surface area contributed by atoms with Crippen molar-refractivity contribution in [3.8, 4) is 0 Å². The lowest BCUT2D eigenvalue weighted by atomic mass is 9.94. The van der Waals surface area contributed by atoms with Crippen molar-refractivity contribution in [1.29, 1.82) is 0 Å². The zero-order valence-corrected chi connectivity index (χ0v) is 11.6. The molecule has 0 bridgehead atoms. The maximum atomic E-state index is 11.1. The highest BCUT2D eigenvalue weighted by Crippen LogP contribution is 2.25. The Balaban J connectivity index is 2.28. The Morgan fingerprint density at radius 3 is 2.63 bits per heavy atom. The number of rotatable bonds is 4. The summed E-state index contributed by atoms with van der Waals surface area (Å²) in [4.78, 5) is 21.8. The van der Waals surface area contributed by atoms with Crippen LogP contribution in [0.2, 0.25) is 0 Å². The van der Waals surface area contributed by atoms with E-state index in [0.29, 0.717) is 17.7 Å². The fourth-order valence-corrected chi connectivity index (χ4v) is 2.75.